The summed E-state index contributed by atoms with van der Waals surface area (Å²) in [5.41, 5.74) is 2.52. The van der Waals surface area contributed by atoms with Crippen LogP contribution in [-0.2, 0) is 11.2 Å². The number of nitrogens with one attached hydrogen (secondary N) is 2. The molecule has 33 heavy (non-hydrogen) atoms. The maximum absolute atomic E-state index is 12.5. The van der Waals surface area contributed by atoms with Gasteiger partial charge >= 0.3 is 0 Å². The second-order valence-electron chi connectivity index (χ2n) is 7.59. The fourth-order valence-electron chi connectivity index (χ4n) is 3.66. The molecule has 1 saturated heterocycles. The minimum atomic E-state index is -0.184. The van der Waals surface area contributed by atoms with Gasteiger partial charge in [-0.3, -0.25) is 9.59 Å². The third-order valence-corrected chi connectivity index (χ3v) is 6.67. The van der Waals surface area contributed by atoms with Crippen LogP contribution in [0.1, 0.15) is 15.2 Å². The highest BCUT2D eigenvalue weighted by Crippen LogP contribution is 2.30. The van der Waals surface area contributed by atoms with Crippen molar-refractivity contribution in [2.45, 2.75) is 6.42 Å². The van der Waals surface area contributed by atoms with E-state index < -0.39 is 0 Å². The summed E-state index contributed by atoms with van der Waals surface area (Å²) in [6.45, 7) is 2.70. The Morgan fingerprint density at radius 1 is 1.00 bits per heavy atom. The lowest BCUT2D eigenvalue weighted by atomic mass is 10.1. The molecule has 0 radical (unpaired) electrons. The van der Waals surface area contributed by atoms with Gasteiger partial charge in [0, 0.05) is 31.9 Å². The number of benzene rings is 2. The zero-order valence-electron chi connectivity index (χ0n) is 17.8. The molecule has 1 aromatic heterocycles. The van der Waals surface area contributed by atoms with E-state index in [4.69, 9.17) is 23.8 Å². The van der Waals surface area contributed by atoms with E-state index in [0.717, 1.165) is 16.1 Å². The Hall–Kier alpha value is -2.94. The maximum Gasteiger partial charge on any atom is 0.264 e. The van der Waals surface area contributed by atoms with Crippen LogP contribution in [0.2, 0.25) is 5.02 Å². The van der Waals surface area contributed by atoms with Gasteiger partial charge in [0.1, 0.15) is 0 Å². The van der Waals surface area contributed by atoms with Crippen LogP contribution in [0.15, 0.2) is 66.0 Å². The molecule has 0 atom stereocenters. The van der Waals surface area contributed by atoms with Gasteiger partial charge in [0.15, 0.2) is 5.11 Å². The van der Waals surface area contributed by atoms with Crippen LogP contribution in [0.25, 0.3) is 0 Å². The SMILES string of the molecule is O=C(Cc1ccccc1)NC(=S)Nc1ccc(N2CCN(C(=O)c3cccs3)CC2)c(Cl)c1. The molecule has 0 aliphatic carbocycles. The topological polar surface area (TPSA) is 64.7 Å². The molecule has 1 aliphatic heterocycles. The van der Waals surface area contributed by atoms with Crippen LogP contribution in [-0.4, -0.2) is 48.0 Å². The highest BCUT2D eigenvalue weighted by Gasteiger charge is 2.24. The number of amides is 2. The number of rotatable bonds is 5. The van der Waals surface area contributed by atoms with E-state index in [2.05, 4.69) is 15.5 Å². The van der Waals surface area contributed by atoms with Gasteiger partial charge in [-0.25, -0.2) is 0 Å². The first-order valence-electron chi connectivity index (χ1n) is 10.5. The number of anilines is 2. The van der Waals surface area contributed by atoms with E-state index >= 15 is 0 Å². The average Bonchev–Trinajstić information content (AvgIpc) is 3.34. The Balaban J connectivity index is 1.29. The minimum absolute atomic E-state index is 0.0816. The van der Waals surface area contributed by atoms with Gasteiger partial charge in [-0.2, -0.15) is 0 Å². The summed E-state index contributed by atoms with van der Waals surface area (Å²) in [6, 6.07) is 18.8. The Kier molecular flexibility index (Phi) is 7.59. The van der Waals surface area contributed by atoms with Gasteiger partial charge in [-0.1, -0.05) is 48.0 Å². The lowest BCUT2D eigenvalue weighted by Gasteiger charge is -2.36. The molecule has 0 spiro atoms. The Labute approximate surface area is 207 Å². The lowest BCUT2D eigenvalue weighted by Crippen LogP contribution is -2.48. The number of hydrogen-bond acceptors (Lipinski definition) is 5. The lowest BCUT2D eigenvalue weighted by molar-refractivity contribution is -0.119. The Morgan fingerprint density at radius 3 is 2.42 bits per heavy atom. The highest BCUT2D eigenvalue weighted by atomic mass is 35.5. The summed E-state index contributed by atoms with van der Waals surface area (Å²) in [4.78, 5) is 29.5. The van der Waals surface area contributed by atoms with Crippen molar-refractivity contribution in [2.75, 3.05) is 36.4 Å². The quantitative estimate of drug-likeness (QED) is 0.510. The Bertz CT molecular complexity index is 1130. The molecule has 9 heteroatoms. The van der Waals surface area contributed by atoms with Crippen molar-refractivity contribution in [1.29, 1.82) is 0 Å². The molecule has 4 rings (SSSR count). The second-order valence-corrected chi connectivity index (χ2v) is 9.35. The second kappa shape index (κ2) is 10.8. The van der Waals surface area contributed by atoms with Crippen LogP contribution in [0.5, 0.6) is 0 Å². The highest BCUT2D eigenvalue weighted by molar-refractivity contribution is 7.80. The van der Waals surface area contributed by atoms with Crippen LogP contribution in [0.4, 0.5) is 11.4 Å². The van der Waals surface area contributed by atoms with E-state index in [1.807, 2.05) is 64.9 Å². The van der Waals surface area contributed by atoms with Gasteiger partial charge < -0.3 is 20.4 Å². The molecule has 6 nitrogen and oxygen atoms in total. The minimum Gasteiger partial charge on any atom is -0.367 e. The largest absolute Gasteiger partial charge is 0.367 e. The fraction of sp³-hybridized carbons (Fsp3) is 0.208. The third-order valence-electron chi connectivity index (χ3n) is 5.31. The summed E-state index contributed by atoms with van der Waals surface area (Å²) in [5.74, 6) is -0.102. The Morgan fingerprint density at radius 2 is 1.76 bits per heavy atom. The molecule has 2 heterocycles. The van der Waals surface area contributed by atoms with E-state index in [-0.39, 0.29) is 23.3 Å². The molecular weight excluding hydrogens is 476 g/mol. The van der Waals surface area contributed by atoms with Crippen LogP contribution < -0.4 is 15.5 Å². The normalized spacial score (nSPS) is 13.5. The van der Waals surface area contributed by atoms with Crippen molar-refractivity contribution in [3.8, 4) is 0 Å². The zero-order valence-corrected chi connectivity index (χ0v) is 20.2. The van der Waals surface area contributed by atoms with Crippen molar-refractivity contribution in [2.24, 2.45) is 0 Å². The number of carbonyl (C=O) groups excluding carboxylic acids is 2. The number of hydrogen-bond donors (Lipinski definition) is 2. The summed E-state index contributed by atoms with van der Waals surface area (Å²) in [7, 11) is 0. The van der Waals surface area contributed by atoms with E-state index in [9.17, 15) is 9.59 Å². The van der Waals surface area contributed by atoms with E-state index in [1.165, 1.54) is 11.3 Å². The van der Waals surface area contributed by atoms with Crippen LogP contribution in [0, 0.1) is 0 Å². The first-order chi connectivity index (χ1) is 16.0. The first-order valence-corrected chi connectivity index (χ1v) is 12.2. The summed E-state index contributed by atoms with van der Waals surface area (Å²) < 4.78 is 0. The van der Waals surface area contributed by atoms with Crippen molar-refractivity contribution in [3.63, 3.8) is 0 Å². The molecule has 3 aromatic rings. The van der Waals surface area contributed by atoms with Gasteiger partial charge in [0.05, 0.1) is 22.0 Å². The number of thiophene rings is 1. The molecule has 2 N–H and O–H groups in total. The van der Waals surface area contributed by atoms with Crippen molar-refractivity contribution in [1.82, 2.24) is 10.2 Å². The van der Waals surface area contributed by atoms with Crippen LogP contribution >= 0.6 is 35.2 Å². The summed E-state index contributed by atoms with van der Waals surface area (Å²) >= 11 is 13.3. The molecule has 0 unspecified atom stereocenters. The monoisotopic (exact) mass is 498 g/mol. The average molecular weight is 499 g/mol. The maximum atomic E-state index is 12.5. The number of halogens is 1. The predicted octanol–water partition coefficient (Wildman–Crippen LogP) is 4.42. The molecule has 0 saturated carbocycles. The number of thiocarbonyl (C=S) groups is 1. The zero-order chi connectivity index (χ0) is 23.2. The molecule has 2 amide bonds. The molecule has 0 bridgehead atoms. The van der Waals surface area contributed by atoms with Crippen LogP contribution in [0.3, 0.4) is 0 Å². The number of piperazine rings is 1. The number of carbonyl (C=O) groups is 2. The molecular formula is C24H23ClN4O2S2. The van der Waals surface area contributed by atoms with Gasteiger partial charge in [-0.15, -0.1) is 11.3 Å². The summed E-state index contributed by atoms with van der Waals surface area (Å²) in [5, 5.41) is 8.42. The predicted molar refractivity (Wildman–Crippen MR) is 138 cm³/mol. The van der Waals surface area contributed by atoms with Gasteiger partial charge in [0.25, 0.3) is 5.91 Å². The van der Waals surface area contributed by atoms with Gasteiger partial charge in [0.2, 0.25) is 5.91 Å². The molecule has 2 aromatic carbocycles. The fourth-order valence-corrected chi connectivity index (χ4v) is 4.88. The van der Waals surface area contributed by atoms with Crippen molar-refractivity contribution < 1.29 is 9.59 Å². The number of nitrogens with zero attached hydrogens (tertiary/aromatic N) is 2. The summed E-state index contributed by atoms with van der Waals surface area (Å²) in [6.07, 6.45) is 0.253. The first kappa shape index (κ1) is 23.2. The standard InChI is InChI=1S/C24H23ClN4O2S2/c25-19-16-18(26-24(32)27-22(30)15-17-5-2-1-3-6-17)8-9-20(19)28-10-12-29(13-11-28)23(31)21-7-4-14-33-21/h1-9,14,16H,10-13,15H2,(H2,26,27,30,32). The van der Waals surface area contributed by atoms with Gasteiger partial charge in [-0.05, 0) is 47.4 Å². The van der Waals surface area contributed by atoms with Crippen molar-refractivity contribution >= 4 is 63.5 Å². The van der Waals surface area contributed by atoms with E-state index in [0.29, 0.717) is 36.9 Å². The smallest absolute Gasteiger partial charge is 0.264 e. The molecule has 170 valence electrons. The van der Waals surface area contributed by atoms with E-state index in [1.54, 1.807) is 6.07 Å². The van der Waals surface area contributed by atoms with Crippen molar-refractivity contribution in [3.05, 3.63) is 81.5 Å². The molecule has 1 aliphatic rings. The molecule has 1 fully saturated rings. The third kappa shape index (κ3) is 6.10.